The number of carbonyl (C=O) groups excluding carboxylic acids is 2. The van der Waals surface area contributed by atoms with Crippen molar-refractivity contribution < 1.29 is 27.2 Å². The SMILES string of the molecule is Cc1ccc(NC(=O)C2CCCN(C(=O)c3c(C)cccc3F)[C@H]2c2ccc(NC3CCCC3C)cc2)cc1C(F)(F)F. The average molecular weight is 596 g/mol. The van der Waals surface area contributed by atoms with Crippen molar-refractivity contribution in [3.63, 3.8) is 0 Å². The maximum atomic E-state index is 14.9. The van der Waals surface area contributed by atoms with Gasteiger partial charge in [0.1, 0.15) is 5.82 Å². The number of carbonyl (C=O) groups is 2. The van der Waals surface area contributed by atoms with Crippen LogP contribution in [0, 0.1) is 31.5 Å². The first kappa shape index (κ1) is 30.6. The van der Waals surface area contributed by atoms with E-state index >= 15 is 0 Å². The second-order valence-electron chi connectivity index (χ2n) is 11.9. The second-order valence-corrected chi connectivity index (χ2v) is 11.9. The summed E-state index contributed by atoms with van der Waals surface area (Å²) in [5, 5.41) is 6.26. The van der Waals surface area contributed by atoms with E-state index < -0.39 is 41.3 Å². The minimum Gasteiger partial charge on any atom is -0.382 e. The minimum absolute atomic E-state index is 0.0281. The molecule has 3 aromatic rings. The van der Waals surface area contributed by atoms with Crippen LogP contribution in [0.15, 0.2) is 60.7 Å². The van der Waals surface area contributed by atoms with E-state index in [0.717, 1.165) is 18.2 Å². The van der Waals surface area contributed by atoms with Crippen molar-refractivity contribution in [2.45, 2.75) is 71.1 Å². The Hall–Kier alpha value is -3.88. The van der Waals surface area contributed by atoms with Gasteiger partial charge in [0.05, 0.1) is 23.1 Å². The number of hydrogen-bond donors (Lipinski definition) is 2. The highest BCUT2D eigenvalue weighted by atomic mass is 19.4. The summed E-state index contributed by atoms with van der Waals surface area (Å²) in [7, 11) is 0. The molecule has 2 aliphatic rings. The van der Waals surface area contributed by atoms with Crippen LogP contribution < -0.4 is 10.6 Å². The van der Waals surface area contributed by atoms with E-state index in [4.69, 9.17) is 0 Å². The van der Waals surface area contributed by atoms with Crippen molar-refractivity contribution in [3.05, 3.63) is 94.3 Å². The molecule has 0 spiro atoms. The number of nitrogens with one attached hydrogen (secondary N) is 2. The second kappa shape index (κ2) is 12.4. The molecule has 0 bridgehead atoms. The summed E-state index contributed by atoms with van der Waals surface area (Å²) in [5.41, 5.74) is 1.33. The summed E-state index contributed by atoms with van der Waals surface area (Å²) < 4.78 is 55.6. The van der Waals surface area contributed by atoms with Crippen LogP contribution in [-0.4, -0.2) is 29.3 Å². The topological polar surface area (TPSA) is 61.4 Å². The molecule has 3 aromatic carbocycles. The number of nitrogens with zero attached hydrogens (tertiary/aromatic N) is 1. The quantitative estimate of drug-likeness (QED) is 0.282. The van der Waals surface area contributed by atoms with Gasteiger partial charge in [-0.15, -0.1) is 0 Å². The zero-order valence-corrected chi connectivity index (χ0v) is 24.6. The van der Waals surface area contributed by atoms with Crippen molar-refractivity contribution >= 4 is 23.2 Å². The monoisotopic (exact) mass is 595 g/mol. The number of piperidine rings is 1. The molecule has 1 saturated heterocycles. The van der Waals surface area contributed by atoms with Gasteiger partial charge >= 0.3 is 6.18 Å². The minimum atomic E-state index is -4.56. The van der Waals surface area contributed by atoms with Crippen LogP contribution in [0.3, 0.4) is 0 Å². The molecule has 9 heteroatoms. The van der Waals surface area contributed by atoms with Gasteiger partial charge in [0.25, 0.3) is 5.91 Å². The van der Waals surface area contributed by atoms with Gasteiger partial charge in [-0.1, -0.05) is 43.7 Å². The first-order chi connectivity index (χ1) is 20.4. The molecule has 0 radical (unpaired) electrons. The number of hydrogen-bond acceptors (Lipinski definition) is 3. The fourth-order valence-electron chi connectivity index (χ4n) is 6.55. The highest BCUT2D eigenvalue weighted by Gasteiger charge is 2.41. The molecule has 4 atom stereocenters. The Balaban J connectivity index is 1.48. The molecule has 2 fully saturated rings. The lowest BCUT2D eigenvalue weighted by Gasteiger charge is -2.41. The van der Waals surface area contributed by atoms with Crippen molar-refractivity contribution in [2.24, 2.45) is 11.8 Å². The predicted molar refractivity (Wildman–Crippen MR) is 159 cm³/mol. The molecule has 1 aliphatic heterocycles. The number of alkyl halides is 3. The summed E-state index contributed by atoms with van der Waals surface area (Å²) in [6, 6.07) is 15.4. The zero-order chi connectivity index (χ0) is 30.9. The van der Waals surface area contributed by atoms with Crippen LogP contribution in [-0.2, 0) is 11.0 Å². The molecule has 5 nitrogen and oxygen atoms in total. The molecular formula is C34H37F4N3O2. The Morgan fingerprint density at radius 1 is 0.884 bits per heavy atom. The maximum Gasteiger partial charge on any atom is 0.416 e. The van der Waals surface area contributed by atoms with E-state index in [0.29, 0.717) is 42.5 Å². The van der Waals surface area contributed by atoms with Crippen LogP contribution >= 0.6 is 0 Å². The highest BCUT2D eigenvalue weighted by molar-refractivity contribution is 5.98. The van der Waals surface area contributed by atoms with Crippen LogP contribution in [0.4, 0.5) is 28.9 Å². The Morgan fingerprint density at radius 3 is 2.26 bits per heavy atom. The first-order valence-corrected chi connectivity index (χ1v) is 14.9. The third-order valence-electron chi connectivity index (χ3n) is 8.94. The van der Waals surface area contributed by atoms with Crippen LogP contribution in [0.1, 0.15) is 77.7 Å². The number of anilines is 2. The zero-order valence-electron chi connectivity index (χ0n) is 24.6. The van der Waals surface area contributed by atoms with E-state index in [9.17, 15) is 27.2 Å². The molecule has 0 aromatic heterocycles. The number of benzene rings is 3. The lowest BCUT2D eigenvalue weighted by atomic mass is 9.83. The molecule has 3 unspecified atom stereocenters. The summed E-state index contributed by atoms with van der Waals surface area (Å²) in [6.07, 6.45) is -0.235. The van der Waals surface area contributed by atoms with Crippen molar-refractivity contribution in [3.8, 4) is 0 Å². The lowest BCUT2D eigenvalue weighted by molar-refractivity contribution is -0.138. The summed E-state index contributed by atoms with van der Waals surface area (Å²) in [4.78, 5) is 29.2. The van der Waals surface area contributed by atoms with Crippen molar-refractivity contribution in [1.29, 1.82) is 0 Å². The predicted octanol–water partition coefficient (Wildman–Crippen LogP) is 8.29. The molecule has 1 saturated carbocycles. The van der Waals surface area contributed by atoms with E-state index in [2.05, 4.69) is 17.6 Å². The third kappa shape index (κ3) is 6.55. The number of likely N-dealkylation sites (tertiary alicyclic amines) is 1. The molecule has 43 heavy (non-hydrogen) atoms. The van der Waals surface area contributed by atoms with Gasteiger partial charge in [-0.25, -0.2) is 4.39 Å². The van der Waals surface area contributed by atoms with Crippen molar-refractivity contribution in [1.82, 2.24) is 4.90 Å². The highest BCUT2D eigenvalue weighted by Crippen LogP contribution is 2.40. The molecule has 2 N–H and O–H groups in total. The van der Waals surface area contributed by atoms with Gasteiger partial charge in [0.2, 0.25) is 5.91 Å². The Morgan fingerprint density at radius 2 is 1.60 bits per heavy atom. The summed E-state index contributed by atoms with van der Waals surface area (Å²) in [5.74, 6) is -1.86. The summed E-state index contributed by atoms with van der Waals surface area (Å²) in [6.45, 7) is 5.57. The smallest absolute Gasteiger partial charge is 0.382 e. The fourth-order valence-corrected chi connectivity index (χ4v) is 6.55. The molecular weight excluding hydrogens is 558 g/mol. The normalized spacial score (nSPS) is 22.3. The van der Waals surface area contributed by atoms with Crippen LogP contribution in [0.25, 0.3) is 0 Å². The Kier molecular flexibility index (Phi) is 8.81. The first-order valence-electron chi connectivity index (χ1n) is 14.9. The fraction of sp³-hybridized carbons (Fsp3) is 0.412. The number of halogens is 4. The van der Waals surface area contributed by atoms with Crippen LogP contribution in [0.5, 0.6) is 0 Å². The Labute approximate surface area is 249 Å². The van der Waals surface area contributed by atoms with E-state index in [1.807, 2.05) is 24.3 Å². The molecule has 1 aliphatic carbocycles. The van der Waals surface area contributed by atoms with Gasteiger partial charge in [-0.3, -0.25) is 9.59 Å². The molecule has 228 valence electrons. The van der Waals surface area contributed by atoms with Gasteiger partial charge in [-0.05, 0) is 92.5 Å². The number of amides is 2. The maximum absolute atomic E-state index is 14.9. The van der Waals surface area contributed by atoms with E-state index in [1.165, 1.54) is 42.9 Å². The molecule has 5 rings (SSSR count). The van der Waals surface area contributed by atoms with E-state index in [-0.39, 0.29) is 16.8 Å². The number of aryl methyl sites for hydroxylation is 2. The van der Waals surface area contributed by atoms with Gasteiger partial charge < -0.3 is 15.5 Å². The van der Waals surface area contributed by atoms with Gasteiger partial charge in [0, 0.05) is 24.0 Å². The largest absolute Gasteiger partial charge is 0.416 e. The summed E-state index contributed by atoms with van der Waals surface area (Å²) >= 11 is 0. The molecule has 1 heterocycles. The standard InChI is InChI=1S/C34H37F4N3O2/c1-20-12-15-25(19-27(20)34(36,37)38)40-32(42)26-9-6-18-41(33(43)30-22(3)8-4-10-28(30)35)31(26)23-13-16-24(17-14-23)39-29-11-5-7-21(29)2/h4,8,10,12-17,19,21,26,29,31,39H,5-7,9,11,18H2,1-3H3,(H,40,42)/t21?,26?,29?,31-/m0/s1. The Bertz CT molecular complexity index is 1470. The number of rotatable bonds is 6. The third-order valence-corrected chi connectivity index (χ3v) is 8.94. The molecule has 2 amide bonds. The lowest BCUT2D eigenvalue weighted by Crippen LogP contribution is -2.46. The van der Waals surface area contributed by atoms with Crippen LogP contribution in [0.2, 0.25) is 0 Å². The van der Waals surface area contributed by atoms with Gasteiger partial charge in [-0.2, -0.15) is 13.2 Å². The van der Waals surface area contributed by atoms with Gasteiger partial charge in [0.15, 0.2) is 0 Å². The van der Waals surface area contributed by atoms with Crippen molar-refractivity contribution in [2.75, 3.05) is 17.2 Å². The van der Waals surface area contributed by atoms with E-state index in [1.54, 1.807) is 19.1 Å². The average Bonchev–Trinajstić information content (AvgIpc) is 3.37.